The molecular formula is C31H38N2O5. The molecule has 202 valence electrons. The number of rotatable bonds is 9. The van der Waals surface area contributed by atoms with E-state index in [1.807, 2.05) is 41.3 Å². The van der Waals surface area contributed by atoms with Crippen molar-refractivity contribution < 1.29 is 23.7 Å². The predicted molar refractivity (Wildman–Crippen MR) is 148 cm³/mol. The lowest BCUT2D eigenvalue weighted by molar-refractivity contribution is -0.138. The van der Waals surface area contributed by atoms with E-state index in [1.54, 1.807) is 21.3 Å². The number of ether oxygens (including phenoxy) is 4. The molecule has 0 radical (unpaired) electrons. The number of pyridine rings is 1. The minimum Gasteiger partial charge on any atom is -0.497 e. The number of amides is 1. The van der Waals surface area contributed by atoms with Crippen LogP contribution < -0.4 is 14.2 Å². The van der Waals surface area contributed by atoms with Gasteiger partial charge in [-0.05, 0) is 55.5 Å². The average molecular weight is 519 g/mol. The molecule has 0 spiro atoms. The Bertz CT molecular complexity index is 1260. The second-order valence-corrected chi connectivity index (χ2v) is 10.3. The molecule has 1 amide bonds. The highest BCUT2D eigenvalue weighted by Gasteiger charge is 2.30. The summed E-state index contributed by atoms with van der Waals surface area (Å²) in [7, 11) is 4.92. The Morgan fingerprint density at radius 1 is 0.947 bits per heavy atom. The fourth-order valence-electron chi connectivity index (χ4n) is 5.77. The summed E-state index contributed by atoms with van der Waals surface area (Å²) in [5.41, 5.74) is 3.56. The minimum absolute atomic E-state index is 0.0839. The van der Waals surface area contributed by atoms with E-state index in [1.165, 1.54) is 6.42 Å². The van der Waals surface area contributed by atoms with Gasteiger partial charge in [0, 0.05) is 42.6 Å². The number of carbonyl (C=O) groups excluding carboxylic acids is 1. The van der Waals surface area contributed by atoms with Crippen molar-refractivity contribution in [2.75, 3.05) is 34.5 Å². The van der Waals surface area contributed by atoms with Crippen LogP contribution in [0.5, 0.6) is 17.2 Å². The normalized spacial score (nSPS) is 17.9. The zero-order chi connectivity index (χ0) is 26.5. The van der Waals surface area contributed by atoms with Gasteiger partial charge in [0.05, 0.1) is 38.6 Å². The number of benzene rings is 2. The lowest BCUT2D eigenvalue weighted by Gasteiger charge is -2.31. The van der Waals surface area contributed by atoms with Crippen LogP contribution in [0, 0.1) is 5.92 Å². The summed E-state index contributed by atoms with van der Waals surface area (Å²) in [5, 5.41) is 0.937. The van der Waals surface area contributed by atoms with Crippen molar-refractivity contribution in [3.63, 3.8) is 0 Å². The lowest BCUT2D eigenvalue weighted by Crippen LogP contribution is -2.41. The Morgan fingerprint density at radius 3 is 2.45 bits per heavy atom. The number of methoxy groups -OCH3 is 3. The number of carbonyl (C=O) groups is 1. The maximum Gasteiger partial charge on any atom is 0.226 e. The van der Waals surface area contributed by atoms with Crippen LogP contribution in [0.15, 0.2) is 42.5 Å². The molecule has 1 aliphatic heterocycles. The third-order valence-electron chi connectivity index (χ3n) is 7.82. The highest BCUT2D eigenvalue weighted by molar-refractivity contribution is 5.87. The van der Waals surface area contributed by atoms with Crippen LogP contribution in [-0.2, 0) is 16.1 Å². The second kappa shape index (κ2) is 12.0. The molecule has 1 atom stereocenters. The summed E-state index contributed by atoms with van der Waals surface area (Å²) in [6.45, 7) is 1.85. The SMILES string of the molecule is COc1cccc(-c2nc3cc(OC)c(OC)cc3cc2CN(CC2CCCO2)C(=O)C2CCCCC2)c1. The first-order valence-corrected chi connectivity index (χ1v) is 13.7. The van der Waals surface area contributed by atoms with Crippen LogP contribution in [0.3, 0.4) is 0 Å². The number of nitrogens with zero attached hydrogens (tertiary/aromatic N) is 2. The van der Waals surface area contributed by atoms with Gasteiger partial charge in [0.1, 0.15) is 5.75 Å². The molecule has 2 heterocycles. The van der Waals surface area contributed by atoms with E-state index in [-0.39, 0.29) is 17.9 Å². The van der Waals surface area contributed by atoms with Crippen molar-refractivity contribution in [2.24, 2.45) is 5.92 Å². The zero-order valence-corrected chi connectivity index (χ0v) is 22.7. The smallest absolute Gasteiger partial charge is 0.226 e. The number of aromatic nitrogens is 1. The number of hydrogen-bond acceptors (Lipinski definition) is 6. The van der Waals surface area contributed by atoms with Gasteiger partial charge in [-0.25, -0.2) is 4.98 Å². The third-order valence-corrected chi connectivity index (χ3v) is 7.82. The lowest BCUT2D eigenvalue weighted by atomic mass is 9.88. The van der Waals surface area contributed by atoms with E-state index in [0.29, 0.717) is 24.6 Å². The van der Waals surface area contributed by atoms with E-state index in [9.17, 15) is 4.79 Å². The van der Waals surface area contributed by atoms with Gasteiger partial charge >= 0.3 is 0 Å². The molecule has 2 aliphatic rings. The van der Waals surface area contributed by atoms with Gasteiger partial charge in [0.15, 0.2) is 11.5 Å². The van der Waals surface area contributed by atoms with Crippen LogP contribution >= 0.6 is 0 Å². The molecule has 1 unspecified atom stereocenters. The molecule has 3 aromatic rings. The summed E-state index contributed by atoms with van der Waals surface area (Å²) >= 11 is 0. The van der Waals surface area contributed by atoms with E-state index in [0.717, 1.165) is 78.6 Å². The second-order valence-electron chi connectivity index (χ2n) is 10.3. The summed E-state index contributed by atoms with van der Waals surface area (Å²) in [4.78, 5) is 21.0. The zero-order valence-electron chi connectivity index (χ0n) is 22.7. The van der Waals surface area contributed by atoms with Gasteiger partial charge in [-0.1, -0.05) is 31.4 Å². The van der Waals surface area contributed by atoms with Crippen molar-refractivity contribution in [1.82, 2.24) is 9.88 Å². The fourth-order valence-corrected chi connectivity index (χ4v) is 5.77. The molecule has 38 heavy (non-hydrogen) atoms. The molecule has 5 rings (SSSR count). The number of hydrogen-bond donors (Lipinski definition) is 0. The topological polar surface area (TPSA) is 70.1 Å². The highest BCUT2D eigenvalue weighted by Crippen LogP contribution is 2.36. The molecule has 7 heteroatoms. The Hall–Kier alpha value is -3.32. The van der Waals surface area contributed by atoms with Crippen LogP contribution in [0.25, 0.3) is 22.2 Å². The van der Waals surface area contributed by atoms with Crippen molar-refractivity contribution >= 4 is 16.8 Å². The van der Waals surface area contributed by atoms with Gasteiger partial charge in [-0.3, -0.25) is 4.79 Å². The van der Waals surface area contributed by atoms with E-state index < -0.39 is 0 Å². The van der Waals surface area contributed by atoms with E-state index in [2.05, 4.69) is 6.07 Å². The largest absolute Gasteiger partial charge is 0.497 e. The molecule has 0 N–H and O–H groups in total. The van der Waals surface area contributed by atoms with Gasteiger partial charge in [0.25, 0.3) is 0 Å². The first-order valence-electron chi connectivity index (χ1n) is 13.7. The van der Waals surface area contributed by atoms with Crippen LogP contribution in [-0.4, -0.2) is 56.4 Å². The van der Waals surface area contributed by atoms with Crippen molar-refractivity contribution in [2.45, 2.75) is 57.6 Å². The standard InChI is InChI=1S/C31H38N2O5/c1-35-25-12-7-11-22(16-25)30-24(15-23-17-28(36-2)29(37-3)18-27(23)32-30)19-33(20-26-13-8-14-38-26)31(34)21-9-5-4-6-10-21/h7,11-12,15-18,21,26H,4-6,8-10,13-14,19-20H2,1-3H3. The van der Waals surface area contributed by atoms with Gasteiger partial charge < -0.3 is 23.8 Å². The molecule has 7 nitrogen and oxygen atoms in total. The first kappa shape index (κ1) is 26.3. The van der Waals surface area contributed by atoms with Crippen LogP contribution in [0.4, 0.5) is 0 Å². The quantitative estimate of drug-likeness (QED) is 0.345. The maximum absolute atomic E-state index is 13.9. The first-order chi connectivity index (χ1) is 18.6. The van der Waals surface area contributed by atoms with Crippen LogP contribution in [0.1, 0.15) is 50.5 Å². The Morgan fingerprint density at radius 2 is 1.74 bits per heavy atom. The molecule has 1 saturated heterocycles. The monoisotopic (exact) mass is 518 g/mol. The van der Waals surface area contributed by atoms with Gasteiger partial charge in [-0.2, -0.15) is 0 Å². The fraction of sp³-hybridized carbons (Fsp3) is 0.484. The summed E-state index contributed by atoms with van der Waals surface area (Å²) in [6, 6.07) is 13.9. The summed E-state index contributed by atoms with van der Waals surface area (Å²) < 4.78 is 22.6. The molecule has 1 aromatic heterocycles. The molecule has 0 bridgehead atoms. The van der Waals surface area contributed by atoms with E-state index >= 15 is 0 Å². The van der Waals surface area contributed by atoms with Crippen molar-refractivity contribution in [1.29, 1.82) is 0 Å². The minimum atomic E-state index is 0.0839. The molecular weight excluding hydrogens is 480 g/mol. The van der Waals surface area contributed by atoms with Gasteiger partial charge in [0.2, 0.25) is 5.91 Å². The molecule has 2 aromatic carbocycles. The molecule has 2 fully saturated rings. The Labute approximate surface area is 225 Å². The molecule has 1 aliphatic carbocycles. The molecule has 1 saturated carbocycles. The summed E-state index contributed by atoms with van der Waals surface area (Å²) in [6.07, 6.45) is 7.52. The maximum atomic E-state index is 13.9. The Kier molecular flexibility index (Phi) is 8.32. The average Bonchev–Trinajstić information content (AvgIpc) is 3.49. The predicted octanol–water partition coefficient (Wildman–Crippen LogP) is 6.02. The third kappa shape index (κ3) is 5.73. The van der Waals surface area contributed by atoms with E-state index in [4.69, 9.17) is 23.9 Å². The summed E-state index contributed by atoms with van der Waals surface area (Å²) in [5.74, 6) is 2.37. The van der Waals surface area contributed by atoms with Gasteiger partial charge in [-0.15, -0.1) is 0 Å². The van der Waals surface area contributed by atoms with Crippen molar-refractivity contribution in [3.8, 4) is 28.5 Å². The number of fused-ring (bicyclic) bond motifs is 1. The Balaban J connectivity index is 1.59. The van der Waals surface area contributed by atoms with Crippen LogP contribution in [0.2, 0.25) is 0 Å². The van der Waals surface area contributed by atoms with Crippen molar-refractivity contribution in [3.05, 3.63) is 48.0 Å². The highest BCUT2D eigenvalue weighted by atomic mass is 16.5.